The summed E-state index contributed by atoms with van der Waals surface area (Å²) in [6.45, 7) is 1.12. The monoisotopic (exact) mass is 305 g/mol. The van der Waals surface area contributed by atoms with Gasteiger partial charge >= 0.3 is 0 Å². The second-order valence-corrected chi connectivity index (χ2v) is 5.43. The van der Waals surface area contributed by atoms with Gasteiger partial charge in [-0.05, 0) is 30.8 Å². The maximum Gasteiger partial charge on any atom is 0.138 e. The fraction of sp³-hybridized carbons (Fsp3) is 0.188. The zero-order valence-corrected chi connectivity index (χ0v) is 12.5. The van der Waals surface area contributed by atoms with Crippen LogP contribution in [-0.2, 0) is 13.1 Å². The number of halogens is 2. The van der Waals surface area contributed by atoms with Gasteiger partial charge in [-0.3, -0.25) is 10.3 Å². The number of rotatable bonds is 5. The number of benzene rings is 2. The zero-order valence-electron chi connectivity index (χ0n) is 11.7. The van der Waals surface area contributed by atoms with E-state index in [9.17, 15) is 4.39 Å². The molecular weight excluding hydrogens is 289 g/mol. The summed E-state index contributed by atoms with van der Waals surface area (Å²) in [5.74, 6) is -0.678. The molecule has 3 nitrogen and oxygen atoms in total. The fourth-order valence-electron chi connectivity index (χ4n) is 2.16. The molecule has 2 aromatic rings. The Labute approximate surface area is 128 Å². The van der Waals surface area contributed by atoms with Crippen LogP contribution in [0.25, 0.3) is 0 Å². The highest BCUT2D eigenvalue weighted by Crippen LogP contribution is 2.16. The normalized spacial score (nSPS) is 10.9. The lowest BCUT2D eigenvalue weighted by Crippen LogP contribution is -2.20. The first-order chi connectivity index (χ1) is 9.97. The minimum Gasteiger partial charge on any atom is -0.384 e. The van der Waals surface area contributed by atoms with Gasteiger partial charge in [-0.15, -0.1) is 0 Å². The Hall–Kier alpha value is -1.91. The van der Waals surface area contributed by atoms with Crippen LogP contribution >= 0.6 is 11.6 Å². The van der Waals surface area contributed by atoms with Crippen molar-refractivity contribution in [3.8, 4) is 0 Å². The third-order valence-electron chi connectivity index (χ3n) is 3.17. The number of nitrogens with one attached hydrogen (secondary N) is 1. The summed E-state index contributed by atoms with van der Waals surface area (Å²) in [5, 5.41) is 8.06. The predicted molar refractivity (Wildman–Crippen MR) is 84.0 cm³/mol. The second kappa shape index (κ2) is 6.70. The van der Waals surface area contributed by atoms with Crippen LogP contribution in [0.5, 0.6) is 0 Å². The number of hydrogen-bond donors (Lipinski definition) is 2. The molecule has 0 aliphatic heterocycles. The lowest BCUT2D eigenvalue weighted by Gasteiger charge is -2.18. The average molecular weight is 306 g/mol. The van der Waals surface area contributed by atoms with Crippen LogP contribution in [0.1, 0.15) is 16.7 Å². The fourth-order valence-corrected chi connectivity index (χ4v) is 2.28. The van der Waals surface area contributed by atoms with Gasteiger partial charge in [-0.25, -0.2) is 4.39 Å². The Morgan fingerprint density at radius 2 is 1.86 bits per heavy atom. The topological polar surface area (TPSA) is 53.1 Å². The summed E-state index contributed by atoms with van der Waals surface area (Å²) in [4.78, 5) is 1.99. The van der Waals surface area contributed by atoms with Crippen molar-refractivity contribution in [2.45, 2.75) is 13.1 Å². The molecule has 0 radical (unpaired) electrons. The van der Waals surface area contributed by atoms with E-state index in [-0.39, 0.29) is 11.4 Å². The van der Waals surface area contributed by atoms with Gasteiger partial charge in [-0.2, -0.15) is 0 Å². The number of nitrogen functional groups attached to an aromatic ring is 1. The Morgan fingerprint density at radius 3 is 2.48 bits per heavy atom. The summed E-state index contributed by atoms with van der Waals surface area (Å²) in [5.41, 5.74) is 7.14. The predicted octanol–water partition coefficient (Wildman–Crippen LogP) is 3.40. The van der Waals surface area contributed by atoms with E-state index in [4.69, 9.17) is 22.7 Å². The summed E-state index contributed by atoms with van der Waals surface area (Å²) in [6.07, 6.45) is 0. The summed E-state index contributed by atoms with van der Waals surface area (Å²) in [7, 11) is 1.91. The van der Waals surface area contributed by atoms with Crippen LogP contribution in [0.2, 0.25) is 5.02 Å². The molecule has 0 aromatic heterocycles. The van der Waals surface area contributed by atoms with E-state index in [1.165, 1.54) is 6.07 Å². The number of hydrogen-bond acceptors (Lipinski definition) is 2. The smallest absolute Gasteiger partial charge is 0.138 e. The molecule has 5 heteroatoms. The van der Waals surface area contributed by atoms with Gasteiger partial charge < -0.3 is 5.73 Å². The van der Waals surface area contributed by atoms with E-state index in [2.05, 4.69) is 0 Å². The molecule has 0 spiro atoms. The van der Waals surface area contributed by atoms with Crippen molar-refractivity contribution in [2.24, 2.45) is 5.73 Å². The van der Waals surface area contributed by atoms with Gasteiger partial charge in [0.15, 0.2) is 0 Å². The third kappa shape index (κ3) is 4.03. The van der Waals surface area contributed by atoms with Gasteiger partial charge in [0.05, 0.1) is 5.56 Å². The molecule has 0 aliphatic rings. The number of nitrogens with two attached hydrogens (primary N) is 1. The molecule has 110 valence electrons. The maximum absolute atomic E-state index is 14.2. The molecule has 0 atom stereocenters. The number of amidine groups is 1. The van der Waals surface area contributed by atoms with E-state index in [1.807, 2.05) is 36.2 Å². The standard InChI is InChI=1S/C16H17ClFN3/c1-21(9-11-5-7-13(17)8-6-11)10-12-3-2-4-14(15(12)18)16(19)20/h2-8H,9-10H2,1H3,(H3,19,20). The first kappa shape index (κ1) is 15.5. The highest BCUT2D eigenvalue weighted by Gasteiger charge is 2.12. The first-order valence-corrected chi connectivity index (χ1v) is 6.90. The molecule has 3 N–H and O–H groups in total. The Morgan fingerprint density at radius 1 is 1.19 bits per heavy atom. The number of nitrogens with zero attached hydrogens (tertiary/aromatic N) is 1. The highest BCUT2D eigenvalue weighted by atomic mass is 35.5. The lowest BCUT2D eigenvalue weighted by atomic mass is 10.1. The molecule has 0 saturated heterocycles. The van der Waals surface area contributed by atoms with Crippen LogP contribution < -0.4 is 5.73 Å². The molecular formula is C16H17ClFN3. The second-order valence-electron chi connectivity index (χ2n) is 4.99. The zero-order chi connectivity index (χ0) is 15.4. The van der Waals surface area contributed by atoms with Gasteiger partial charge in [0.25, 0.3) is 0 Å². The van der Waals surface area contributed by atoms with Gasteiger partial charge in [0.1, 0.15) is 11.7 Å². The molecule has 0 bridgehead atoms. The largest absolute Gasteiger partial charge is 0.384 e. The van der Waals surface area contributed by atoms with Crippen molar-refractivity contribution in [3.63, 3.8) is 0 Å². The molecule has 2 aromatic carbocycles. The average Bonchev–Trinajstić information content (AvgIpc) is 2.43. The lowest BCUT2D eigenvalue weighted by molar-refractivity contribution is 0.313. The molecule has 0 saturated carbocycles. The van der Waals surface area contributed by atoms with E-state index >= 15 is 0 Å². The first-order valence-electron chi connectivity index (χ1n) is 6.52. The summed E-state index contributed by atoms with van der Waals surface area (Å²) >= 11 is 5.85. The van der Waals surface area contributed by atoms with E-state index in [1.54, 1.807) is 12.1 Å². The van der Waals surface area contributed by atoms with Crippen LogP contribution in [-0.4, -0.2) is 17.8 Å². The van der Waals surface area contributed by atoms with Gasteiger partial charge in [0.2, 0.25) is 0 Å². The molecule has 0 amide bonds. The van der Waals surface area contributed by atoms with Crippen LogP contribution in [0, 0.1) is 11.2 Å². The van der Waals surface area contributed by atoms with Crippen molar-refractivity contribution in [3.05, 3.63) is 70.0 Å². The van der Waals surface area contributed by atoms with E-state index in [0.717, 1.165) is 5.56 Å². The quantitative estimate of drug-likeness (QED) is 0.657. The van der Waals surface area contributed by atoms with Crippen LogP contribution in [0.4, 0.5) is 4.39 Å². The third-order valence-corrected chi connectivity index (χ3v) is 3.43. The van der Waals surface area contributed by atoms with Crippen molar-refractivity contribution < 1.29 is 4.39 Å². The maximum atomic E-state index is 14.2. The highest BCUT2D eigenvalue weighted by molar-refractivity contribution is 6.30. The van der Waals surface area contributed by atoms with Crippen molar-refractivity contribution >= 4 is 17.4 Å². The van der Waals surface area contributed by atoms with Gasteiger partial charge in [-0.1, -0.05) is 35.9 Å². The molecule has 0 aliphatic carbocycles. The Balaban J connectivity index is 2.09. The van der Waals surface area contributed by atoms with Crippen molar-refractivity contribution in [1.29, 1.82) is 5.41 Å². The molecule has 0 fully saturated rings. The summed E-state index contributed by atoms with van der Waals surface area (Å²) in [6, 6.07) is 12.5. The molecule has 0 unspecified atom stereocenters. The van der Waals surface area contributed by atoms with Crippen molar-refractivity contribution in [2.75, 3.05) is 7.05 Å². The molecule has 2 rings (SSSR count). The van der Waals surface area contributed by atoms with E-state index < -0.39 is 5.82 Å². The Bertz CT molecular complexity index is 640. The minimum absolute atomic E-state index is 0.146. The molecule has 0 heterocycles. The van der Waals surface area contributed by atoms with Crippen LogP contribution in [0.15, 0.2) is 42.5 Å². The summed E-state index contributed by atoms with van der Waals surface area (Å²) < 4.78 is 14.2. The molecule has 21 heavy (non-hydrogen) atoms. The minimum atomic E-state index is -0.423. The van der Waals surface area contributed by atoms with Gasteiger partial charge in [0, 0.05) is 23.7 Å². The van der Waals surface area contributed by atoms with Crippen molar-refractivity contribution in [1.82, 2.24) is 4.90 Å². The SMILES string of the molecule is CN(Cc1ccc(Cl)cc1)Cc1cccc(C(=N)N)c1F. The van der Waals surface area contributed by atoms with E-state index in [0.29, 0.717) is 23.7 Å². The van der Waals surface area contributed by atoms with Crippen LogP contribution in [0.3, 0.4) is 0 Å². The Kier molecular flexibility index (Phi) is 4.94.